The lowest BCUT2D eigenvalue weighted by atomic mass is 10.0. The second kappa shape index (κ2) is 8.90. The molecule has 0 amide bonds. The molecule has 0 aromatic rings. The van der Waals surface area contributed by atoms with Crippen LogP contribution in [0.25, 0.3) is 0 Å². The summed E-state index contributed by atoms with van der Waals surface area (Å²) < 4.78 is 10.1. The third-order valence-corrected chi connectivity index (χ3v) is 2.38. The zero-order valence-corrected chi connectivity index (χ0v) is 10.7. The molecule has 0 bridgehead atoms. The predicted octanol–water partition coefficient (Wildman–Crippen LogP) is -0.319. The van der Waals surface area contributed by atoms with Crippen molar-refractivity contribution in [1.82, 2.24) is 4.90 Å². The van der Waals surface area contributed by atoms with Gasteiger partial charge in [0.25, 0.3) is 0 Å². The van der Waals surface area contributed by atoms with Crippen molar-refractivity contribution in [2.75, 3.05) is 53.7 Å². The van der Waals surface area contributed by atoms with Crippen molar-refractivity contribution in [3.8, 4) is 0 Å². The van der Waals surface area contributed by atoms with Gasteiger partial charge in [0.1, 0.15) is 0 Å². The molecular formula is C11H26N2O3. The molecule has 0 aliphatic carbocycles. The van der Waals surface area contributed by atoms with Gasteiger partial charge in [0, 0.05) is 46.0 Å². The van der Waals surface area contributed by atoms with Crippen LogP contribution in [0.3, 0.4) is 0 Å². The van der Waals surface area contributed by atoms with E-state index in [0.717, 1.165) is 26.1 Å². The predicted molar refractivity (Wildman–Crippen MR) is 64.5 cm³/mol. The van der Waals surface area contributed by atoms with E-state index in [9.17, 15) is 0 Å². The van der Waals surface area contributed by atoms with Crippen LogP contribution < -0.4 is 5.73 Å². The summed E-state index contributed by atoms with van der Waals surface area (Å²) in [7, 11) is 3.38. The van der Waals surface area contributed by atoms with Gasteiger partial charge in [0.15, 0.2) is 0 Å². The SMILES string of the molecule is COCCCN(CCOC)CC(C)(N)CO. The van der Waals surface area contributed by atoms with Crippen LogP contribution in [-0.4, -0.2) is 69.2 Å². The van der Waals surface area contributed by atoms with E-state index in [2.05, 4.69) is 4.90 Å². The summed E-state index contributed by atoms with van der Waals surface area (Å²) in [5.74, 6) is 0. The summed E-state index contributed by atoms with van der Waals surface area (Å²) in [4.78, 5) is 2.19. The van der Waals surface area contributed by atoms with Gasteiger partial charge >= 0.3 is 0 Å². The highest BCUT2D eigenvalue weighted by molar-refractivity contribution is 4.81. The van der Waals surface area contributed by atoms with Crippen LogP contribution in [0.15, 0.2) is 0 Å². The standard InChI is InChI=1S/C11H26N2O3/c1-11(12,10-14)9-13(6-8-16-3)5-4-7-15-2/h14H,4-10,12H2,1-3H3. The number of nitrogens with two attached hydrogens (primary N) is 1. The summed E-state index contributed by atoms with van der Waals surface area (Å²) in [6.07, 6.45) is 0.960. The number of aliphatic hydroxyl groups excluding tert-OH is 1. The summed E-state index contributed by atoms with van der Waals surface area (Å²) in [6, 6.07) is 0. The van der Waals surface area contributed by atoms with Gasteiger partial charge in [-0.15, -0.1) is 0 Å². The summed E-state index contributed by atoms with van der Waals surface area (Å²) in [5.41, 5.74) is 5.37. The second-order valence-electron chi connectivity index (χ2n) is 4.43. The molecular weight excluding hydrogens is 208 g/mol. The van der Waals surface area contributed by atoms with Crippen molar-refractivity contribution >= 4 is 0 Å². The average molecular weight is 234 g/mol. The van der Waals surface area contributed by atoms with Crippen LogP contribution in [0.4, 0.5) is 0 Å². The fourth-order valence-electron chi connectivity index (χ4n) is 1.48. The Labute approximate surface area is 98.5 Å². The van der Waals surface area contributed by atoms with Crippen molar-refractivity contribution in [1.29, 1.82) is 0 Å². The molecule has 0 aromatic carbocycles. The molecule has 0 fully saturated rings. The van der Waals surface area contributed by atoms with E-state index >= 15 is 0 Å². The molecule has 3 N–H and O–H groups in total. The van der Waals surface area contributed by atoms with Crippen LogP contribution in [-0.2, 0) is 9.47 Å². The monoisotopic (exact) mass is 234 g/mol. The first kappa shape index (κ1) is 15.8. The van der Waals surface area contributed by atoms with Crippen LogP contribution in [0.2, 0.25) is 0 Å². The lowest BCUT2D eigenvalue weighted by Gasteiger charge is -2.31. The van der Waals surface area contributed by atoms with E-state index in [-0.39, 0.29) is 6.61 Å². The minimum atomic E-state index is -0.555. The number of nitrogens with zero attached hydrogens (tertiary/aromatic N) is 1. The fourth-order valence-corrected chi connectivity index (χ4v) is 1.48. The first-order chi connectivity index (χ1) is 7.55. The summed E-state index contributed by atoms with van der Waals surface area (Å²) >= 11 is 0. The van der Waals surface area contributed by atoms with Crippen molar-refractivity contribution in [2.45, 2.75) is 18.9 Å². The van der Waals surface area contributed by atoms with Gasteiger partial charge in [-0.05, 0) is 13.3 Å². The van der Waals surface area contributed by atoms with Gasteiger partial charge in [0.2, 0.25) is 0 Å². The molecule has 0 aliphatic heterocycles. The number of ether oxygens (including phenoxy) is 2. The normalized spacial score (nSPS) is 15.4. The first-order valence-corrected chi connectivity index (χ1v) is 5.65. The third kappa shape index (κ3) is 8.01. The molecule has 98 valence electrons. The van der Waals surface area contributed by atoms with E-state index in [1.807, 2.05) is 6.92 Å². The van der Waals surface area contributed by atoms with Crippen LogP contribution >= 0.6 is 0 Å². The molecule has 1 atom stereocenters. The van der Waals surface area contributed by atoms with E-state index in [0.29, 0.717) is 13.2 Å². The van der Waals surface area contributed by atoms with E-state index in [4.69, 9.17) is 20.3 Å². The molecule has 0 rings (SSSR count). The highest BCUT2D eigenvalue weighted by Crippen LogP contribution is 2.03. The van der Waals surface area contributed by atoms with Crippen molar-refractivity contribution in [3.05, 3.63) is 0 Å². The minimum absolute atomic E-state index is 0.0131. The number of methoxy groups -OCH3 is 2. The van der Waals surface area contributed by atoms with Crippen LogP contribution in [0, 0.1) is 0 Å². The zero-order chi connectivity index (χ0) is 12.4. The average Bonchev–Trinajstić information content (AvgIpc) is 2.25. The van der Waals surface area contributed by atoms with Crippen molar-refractivity contribution in [3.63, 3.8) is 0 Å². The number of aliphatic hydroxyl groups is 1. The molecule has 0 aliphatic rings. The number of rotatable bonds is 10. The van der Waals surface area contributed by atoms with Gasteiger partial charge in [-0.2, -0.15) is 0 Å². The Kier molecular flexibility index (Phi) is 8.78. The van der Waals surface area contributed by atoms with Gasteiger partial charge in [-0.3, -0.25) is 4.90 Å². The van der Waals surface area contributed by atoms with Crippen LogP contribution in [0.1, 0.15) is 13.3 Å². The van der Waals surface area contributed by atoms with Gasteiger partial charge in [0.05, 0.1) is 13.2 Å². The van der Waals surface area contributed by atoms with Crippen molar-refractivity contribution in [2.24, 2.45) is 5.73 Å². The first-order valence-electron chi connectivity index (χ1n) is 5.65. The number of hydrogen-bond donors (Lipinski definition) is 2. The molecule has 0 heterocycles. The zero-order valence-electron chi connectivity index (χ0n) is 10.7. The molecule has 1 unspecified atom stereocenters. The van der Waals surface area contributed by atoms with E-state index < -0.39 is 5.54 Å². The largest absolute Gasteiger partial charge is 0.394 e. The Morgan fingerprint density at radius 3 is 2.31 bits per heavy atom. The van der Waals surface area contributed by atoms with E-state index in [1.165, 1.54) is 0 Å². The minimum Gasteiger partial charge on any atom is -0.394 e. The molecule has 0 spiro atoms. The summed E-state index contributed by atoms with van der Waals surface area (Å²) in [6.45, 7) is 5.65. The maximum Gasteiger partial charge on any atom is 0.0621 e. The van der Waals surface area contributed by atoms with Gasteiger partial charge < -0.3 is 20.3 Å². The molecule has 16 heavy (non-hydrogen) atoms. The Morgan fingerprint density at radius 1 is 1.19 bits per heavy atom. The second-order valence-corrected chi connectivity index (χ2v) is 4.43. The smallest absolute Gasteiger partial charge is 0.0621 e. The maximum atomic E-state index is 9.13. The maximum absolute atomic E-state index is 9.13. The summed E-state index contributed by atoms with van der Waals surface area (Å²) in [5, 5.41) is 9.13. The molecule has 0 aromatic heterocycles. The molecule has 0 radical (unpaired) electrons. The highest BCUT2D eigenvalue weighted by atomic mass is 16.5. The highest BCUT2D eigenvalue weighted by Gasteiger charge is 2.20. The van der Waals surface area contributed by atoms with Gasteiger partial charge in [-0.25, -0.2) is 0 Å². The fraction of sp³-hybridized carbons (Fsp3) is 1.00. The Hall–Kier alpha value is -0.200. The Morgan fingerprint density at radius 2 is 1.81 bits per heavy atom. The quantitative estimate of drug-likeness (QED) is 0.507. The van der Waals surface area contributed by atoms with Crippen LogP contribution in [0.5, 0.6) is 0 Å². The Balaban J connectivity index is 3.98. The number of hydrogen-bond acceptors (Lipinski definition) is 5. The molecule has 0 saturated heterocycles. The molecule has 5 nitrogen and oxygen atoms in total. The van der Waals surface area contributed by atoms with E-state index in [1.54, 1.807) is 14.2 Å². The lowest BCUT2D eigenvalue weighted by molar-refractivity contribution is 0.102. The van der Waals surface area contributed by atoms with Gasteiger partial charge in [-0.1, -0.05) is 0 Å². The third-order valence-electron chi connectivity index (χ3n) is 2.38. The van der Waals surface area contributed by atoms with Crippen molar-refractivity contribution < 1.29 is 14.6 Å². The Bertz CT molecular complexity index is 165. The molecule has 0 saturated carbocycles. The lowest BCUT2D eigenvalue weighted by Crippen LogP contribution is -2.51. The topological polar surface area (TPSA) is 68.0 Å². The molecule has 5 heteroatoms.